The third-order valence-corrected chi connectivity index (χ3v) is 5.21. The highest BCUT2D eigenvalue weighted by Gasteiger charge is 2.19. The molecule has 2 aromatic rings. The molecule has 2 heterocycles. The molecule has 0 saturated heterocycles. The number of fused-ring (bicyclic) bond motifs is 3. The second kappa shape index (κ2) is 9.44. The van der Waals surface area contributed by atoms with Crippen molar-refractivity contribution < 1.29 is 19.8 Å². The van der Waals surface area contributed by atoms with E-state index in [9.17, 15) is 0 Å². The molecular weight excluding hydrogens is 356 g/mol. The van der Waals surface area contributed by atoms with Gasteiger partial charge in [0.1, 0.15) is 17.0 Å². The Morgan fingerprint density at radius 3 is 2.54 bits per heavy atom. The number of hydrogen-bond donors (Lipinski definition) is 3. The lowest BCUT2D eigenvalue weighted by molar-refractivity contribution is -0.159. The maximum absolute atomic E-state index is 9.10. The van der Waals surface area contributed by atoms with E-state index in [1.807, 2.05) is 11.3 Å². The summed E-state index contributed by atoms with van der Waals surface area (Å²) in [5, 5.41) is 19.6. The van der Waals surface area contributed by atoms with Crippen LogP contribution in [0.2, 0.25) is 0 Å². The summed E-state index contributed by atoms with van der Waals surface area (Å²) in [6.45, 7) is 2.07. The molecule has 0 aromatic carbocycles. The number of rotatable bonds is 5. The lowest BCUT2D eigenvalue weighted by Gasteiger charge is -2.13. The molecule has 142 valence electrons. The van der Waals surface area contributed by atoms with Gasteiger partial charge in [0.15, 0.2) is 0 Å². The van der Waals surface area contributed by atoms with Gasteiger partial charge < -0.3 is 20.4 Å². The Kier molecular flexibility index (Phi) is 7.28. The lowest BCUT2D eigenvalue weighted by atomic mass is 9.97. The monoisotopic (exact) mass is 380 g/mol. The van der Waals surface area contributed by atoms with E-state index in [1.54, 1.807) is 6.33 Å². The van der Waals surface area contributed by atoms with Crippen LogP contribution in [0.5, 0.6) is 0 Å². The highest BCUT2D eigenvalue weighted by Crippen LogP contribution is 2.37. The van der Waals surface area contributed by atoms with E-state index in [0.717, 1.165) is 30.2 Å². The summed E-state index contributed by atoms with van der Waals surface area (Å²) in [5.41, 5.74) is 1.51. The molecule has 3 rings (SSSR count). The molecule has 0 bridgehead atoms. The van der Waals surface area contributed by atoms with E-state index in [1.165, 1.54) is 41.5 Å². The maximum atomic E-state index is 9.10. The van der Waals surface area contributed by atoms with Gasteiger partial charge in [-0.1, -0.05) is 0 Å². The zero-order valence-electron chi connectivity index (χ0n) is 15.0. The van der Waals surface area contributed by atoms with Gasteiger partial charge in [0, 0.05) is 11.4 Å². The molecule has 0 unspecified atom stereocenters. The standard InChI is InChI=1S/C15H22N4S.C2H2O4/c1-19(2)9-5-8-16-14-13-11-6-3-4-7-12(11)20-15(13)18-10-17-14;3-1(4)2(5)6/h10H,3-9H2,1-2H3,(H,16,17,18);(H,3,4)(H,5,6). The minimum Gasteiger partial charge on any atom is -0.473 e. The molecule has 3 N–H and O–H groups in total. The van der Waals surface area contributed by atoms with Crippen LogP contribution in [-0.2, 0) is 22.4 Å². The second-order valence-electron chi connectivity index (χ2n) is 6.31. The number of aliphatic carboxylic acids is 2. The Morgan fingerprint density at radius 1 is 1.19 bits per heavy atom. The normalized spacial score (nSPS) is 13.0. The largest absolute Gasteiger partial charge is 0.473 e. The van der Waals surface area contributed by atoms with Crippen molar-refractivity contribution in [2.75, 3.05) is 32.5 Å². The van der Waals surface area contributed by atoms with Crippen LogP contribution in [0.1, 0.15) is 29.7 Å². The van der Waals surface area contributed by atoms with Crippen LogP contribution >= 0.6 is 11.3 Å². The van der Waals surface area contributed by atoms with E-state index >= 15 is 0 Å². The van der Waals surface area contributed by atoms with E-state index in [0.29, 0.717) is 0 Å². The van der Waals surface area contributed by atoms with Crippen molar-refractivity contribution in [2.45, 2.75) is 32.1 Å². The molecule has 2 aromatic heterocycles. The molecule has 26 heavy (non-hydrogen) atoms. The molecule has 0 atom stereocenters. The van der Waals surface area contributed by atoms with E-state index in [-0.39, 0.29) is 0 Å². The summed E-state index contributed by atoms with van der Waals surface area (Å²) in [5.74, 6) is -2.61. The predicted molar refractivity (Wildman–Crippen MR) is 101 cm³/mol. The van der Waals surface area contributed by atoms with Gasteiger partial charge in [-0.2, -0.15) is 0 Å². The van der Waals surface area contributed by atoms with Gasteiger partial charge in [-0.25, -0.2) is 19.6 Å². The van der Waals surface area contributed by atoms with Crippen LogP contribution in [0.4, 0.5) is 5.82 Å². The average Bonchev–Trinajstić information content (AvgIpc) is 2.98. The fourth-order valence-corrected chi connectivity index (χ4v) is 4.06. The quantitative estimate of drug-likeness (QED) is 0.533. The van der Waals surface area contributed by atoms with Crippen molar-refractivity contribution >= 4 is 39.3 Å². The first-order valence-corrected chi connectivity index (χ1v) is 9.32. The van der Waals surface area contributed by atoms with Gasteiger partial charge in [-0.3, -0.25) is 0 Å². The zero-order valence-corrected chi connectivity index (χ0v) is 15.8. The van der Waals surface area contributed by atoms with E-state index in [2.05, 4.69) is 34.3 Å². The van der Waals surface area contributed by atoms with Gasteiger partial charge in [0.2, 0.25) is 0 Å². The van der Waals surface area contributed by atoms with Crippen LogP contribution in [0.25, 0.3) is 10.2 Å². The van der Waals surface area contributed by atoms with Crippen molar-refractivity contribution in [3.05, 3.63) is 16.8 Å². The summed E-state index contributed by atoms with van der Waals surface area (Å²) in [7, 11) is 4.22. The van der Waals surface area contributed by atoms with Gasteiger partial charge in [-0.05, 0) is 58.3 Å². The van der Waals surface area contributed by atoms with Gasteiger partial charge in [-0.15, -0.1) is 11.3 Å². The average molecular weight is 380 g/mol. The molecule has 9 heteroatoms. The van der Waals surface area contributed by atoms with Crippen LogP contribution in [0.15, 0.2) is 6.33 Å². The Hall–Kier alpha value is -2.26. The van der Waals surface area contributed by atoms with Crippen LogP contribution in [0, 0.1) is 0 Å². The molecule has 0 radical (unpaired) electrons. The number of aromatic nitrogens is 2. The van der Waals surface area contributed by atoms with Crippen molar-refractivity contribution in [1.29, 1.82) is 0 Å². The van der Waals surface area contributed by atoms with E-state index < -0.39 is 11.9 Å². The molecule has 0 fully saturated rings. The highest BCUT2D eigenvalue weighted by molar-refractivity contribution is 7.19. The number of nitrogens with zero attached hydrogens (tertiary/aromatic N) is 3. The first-order valence-electron chi connectivity index (χ1n) is 8.50. The van der Waals surface area contributed by atoms with Crippen molar-refractivity contribution in [1.82, 2.24) is 14.9 Å². The lowest BCUT2D eigenvalue weighted by Crippen LogP contribution is -2.16. The minimum atomic E-state index is -1.82. The highest BCUT2D eigenvalue weighted by atomic mass is 32.1. The third kappa shape index (κ3) is 5.37. The van der Waals surface area contributed by atoms with E-state index in [4.69, 9.17) is 19.8 Å². The number of anilines is 1. The Bertz CT molecular complexity index is 763. The summed E-state index contributed by atoms with van der Waals surface area (Å²) < 4.78 is 0. The molecule has 0 aliphatic heterocycles. The van der Waals surface area contributed by atoms with Crippen LogP contribution < -0.4 is 5.32 Å². The molecule has 1 aliphatic carbocycles. The summed E-state index contributed by atoms with van der Waals surface area (Å²) >= 11 is 1.86. The first-order chi connectivity index (χ1) is 12.4. The second-order valence-corrected chi connectivity index (χ2v) is 7.39. The topological polar surface area (TPSA) is 116 Å². The van der Waals surface area contributed by atoms with Gasteiger partial charge in [0.05, 0.1) is 5.39 Å². The fraction of sp³-hybridized carbons (Fsp3) is 0.529. The number of aryl methyl sites for hydroxylation is 2. The van der Waals surface area contributed by atoms with Gasteiger partial charge in [0.25, 0.3) is 0 Å². The zero-order chi connectivity index (χ0) is 19.1. The predicted octanol–water partition coefficient (Wildman–Crippen LogP) is 2.09. The van der Waals surface area contributed by atoms with Gasteiger partial charge >= 0.3 is 11.9 Å². The number of carboxylic acids is 2. The van der Waals surface area contributed by atoms with Crippen LogP contribution in [0.3, 0.4) is 0 Å². The number of carbonyl (C=O) groups is 2. The first kappa shape index (κ1) is 20.1. The minimum absolute atomic E-state index is 0.967. The molecule has 0 amide bonds. The Labute approximate surface area is 155 Å². The summed E-state index contributed by atoms with van der Waals surface area (Å²) in [6, 6.07) is 0. The molecular formula is C17H24N4O4S. The number of thiophene rings is 1. The Morgan fingerprint density at radius 2 is 1.88 bits per heavy atom. The molecule has 0 spiro atoms. The van der Waals surface area contributed by atoms with Crippen LogP contribution in [-0.4, -0.2) is 64.2 Å². The number of carboxylic acid groups (broad SMARTS) is 2. The molecule has 1 aliphatic rings. The number of hydrogen-bond acceptors (Lipinski definition) is 7. The summed E-state index contributed by atoms with van der Waals surface area (Å²) in [4.78, 5) is 32.0. The third-order valence-electron chi connectivity index (χ3n) is 4.01. The Balaban J connectivity index is 0.000000352. The number of nitrogens with one attached hydrogen (secondary N) is 1. The molecule has 0 saturated carbocycles. The SMILES string of the molecule is CN(C)CCCNc1ncnc2sc3c(c12)CCCC3.O=C(O)C(=O)O. The molecule has 8 nitrogen and oxygen atoms in total. The maximum Gasteiger partial charge on any atom is 0.414 e. The van der Waals surface area contributed by atoms with Crippen molar-refractivity contribution in [3.63, 3.8) is 0 Å². The summed E-state index contributed by atoms with van der Waals surface area (Å²) in [6.07, 6.45) is 7.85. The van der Waals surface area contributed by atoms with Crippen molar-refractivity contribution in [3.8, 4) is 0 Å². The smallest absolute Gasteiger partial charge is 0.414 e. The van der Waals surface area contributed by atoms with Crippen molar-refractivity contribution in [2.24, 2.45) is 0 Å². The fourth-order valence-electron chi connectivity index (χ4n) is 2.83.